The first kappa shape index (κ1) is 15.4. The van der Waals surface area contributed by atoms with Crippen molar-refractivity contribution in [3.05, 3.63) is 29.8 Å². The molecule has 1 heterocycles. The zero-order chi connectivity index (χ0) is 15.6. The molecule has 1 aromatic carbocycles. The van der Waals surface area contributed by atoms with E-state index in [4.69, 9.17) is 0 Å². The number of carboxylic acid groups (broad SMARTS) is 1. The Morgan fingerprint density at radius 2 is 2.00 bits per heavy atom. The fourth-order valence-electron chi connectivity index (χ4n) is 2.63. The minimum Gasteiger partial charge on any atom is -0.480 e. The van der Waals surface area contributed by atoms with Crippen molar-refractivity contribution in [3.8, 4) is 0 Å². The van der Waals surface area contributed by atoms with E-state index in [9.17, 15) is 14.7 Å². The van der Waals surface area contributed by atoms with Crippen LogP contribution >= 0.6 is 0 Å². The van der Waals surface area contributed by atoms with Crippen LogP contribution in [0.4, 0.5) is 5.69 Å². The van der Waals surface area contributed by atoms with Gasteiger partial charge in [-0.15, -0.1) is 0 Å². The monoisotopic (exact) mass is 290 g/mol. The van der Waals surface area contributed by atoms with E-state index in [0.29, 0.717) is 13.0 Å². The van der Waals surface area contributed by atoms with Crippen LogP contribution in [0.5, 0.6) is 0 Å². The summed E-state index contributed by atoms with van der Waals surface area (Å²) in [6.45, 7) is 6.13. The van der Waals surface area contributed by atoms with E-state index in [2.05, 4.69) is 10.6 Å². The van der Waals surface area contributed by atoms with Crippen LogP contribution in [0, 0.1) is 5.41 Å². The molecule has 0 spiro atoms. The first-order chi connectivity index (χ1) is 9.80. The van der Waals surface area contributed by atoms with E-state index < -0.39 is 17.4 Å². The van der Waals surface area contributed by atoms with Crippen molar-refractivity contribution in [2.75, 3.05) is 11.9 Å². The molecular weight excluding hydrogens is 268 g/mol. The molecule has 1 aliphatic rings. The molecule has 0 aliphatic carbocycles. The minimum atomic E-state index is -1.00. The first-order valence-electron chi connectivity index (χ1n) is 7.16. The highest BCUT2D eigenvalue weighted by Gasteiger charge is 2.35. The van der Waals surface area contributed by atoms with E-state index in [1.54, 1.807) is 0 Å². The third kappa shape index (κ3) is 3.35. The lowest BCUT2D eigenvalue weighted by Gasteiger charge is -2.31. The molecule has 21 heavy (non-hydrogen) atoms. The van der Waals surface area contributed by atoms with E-state index in [1.165, 1.54) is 0 Å². The van der Waals surface area contributed by atoms with Crippen molar-refractivity contribution in [2.24, 2.45) is 5.41 Å². The van der Waals surface area contributed by atoms with Crippen molar-refractivity contribution < 1.29 is 14.7 Å². The van der Waals surface area contributed by atoms with Crippen LogP contribution in [0.2, 0.25) is 0 Å². The van der Waals surface area contributed by atoms with Gasteiger partial charge in [-0.2, -0.15) is 0 Å². The number of benzene rings is 1. The van der Waals surface area contributed by atoms with Crippen molar-refractivity contribution in [2.45, 2.75) is 39.2 Å². The lowest BCUT2D eigenvalue weighted by Crippen LogP contribution is -2.50. The van der Waals surface area contributed by atoms with Crippen molar-refractivity contribution >= 4 is 17.6 Å². The third-order valence-electron chi connectivity index (χ3n) is 3.80. The summed E-state index contributed by atoms with van der Waals surface area (Å²) in [6, 6.07) is 6.77. The third-order valence-corrected chi connectivity index (χ3v) is 3.80. The predicted octanol–water partition coefficient (Wildman–Crippen LogP) is 2.20. The molecule has 1 unspecified atom stereocenters. The van der Waals surface area contributed by atoms with E-state index in [0.717, 1.165) is 11.3 Å². The average molecular weight is 290 g/mol. The van der Waals surface area contributed by atoms with Crippen LogP contribution in [0.25, 0.3) is 0 Å². The van der Waals surface area contributed by atoms with Gasteiger partial charge >= 0.3 is 5.97 Å². The van der Waals surface area contributed by atoms with Gasteiger partial charge in [-0.05, 0) is 23.5 Å². The van der Waals surface area contributed by atoms with Gasteiger partial charge < -0.3 is 15.7 Å². The summed E-state index contributed by atoms with van der Waals surface area (Å²) in [4.78, 5) is 23.9. The fraction of sp³-hybridized carbons (Fsp3) is 0.500. The van der Waals surface area contributed by atoms with Gasteiger partial charge in [0.25, 0.3) is 0 Å². The van der Waals surface area contributed by atoms with Gasteiger partial charge in [0.15, 0.2) is 0 Å². The SMILES string of the molecule is CC(C)(C)[C@@H](NC(=O)C1CCNc2ccccc21)C(=O)O. The number of carbonyl (C=O) groups is 2. The number of fused-ring (bicyclic) bond motifs is 1. The smallest absolute Gasteiger partial charge is 0.326 e. The number of nitrogens with one attached hydrogen (secondary N) is 2. The summed E-state index contributed by atoms with van der Waals surface area (Å²) in [5.41, 5.74) is 1.35. The quantitative estimate of drug-likeness (QED) is 0.797. The number of carbonyl (C=O) groups excluding carboxylic acids is 1. The van der Waals surface area contributed by atoms with E-state index >= 15 is 0 Å². The largest absolute Gasteiger partial charge is 0.480 e. The van der Waals surface area contributed by atoms with Gasteiger partial charge in [0.05, 0.1) is 5.92 Å². The zero-order valence-electron chi connectivity index (χ0n) is 12.6. The summed E-state index contributed by atoms with van der Waals surface area (Å²) in [7, 11) is 0. The highest BCUT2D eigenvalue weighted by Crippen LogP contribution is 2.32. The Hall–Kier alpha value is -2.04. The van der Waals surface area contributed by atoms with Crippen LogP contribution < -0.4 is 10.6 Å². The molecule has 2 rings (SSSR count). The lowest BCUT2D eigenvalue weighted by molar-refractivity contribution is -0.145. The Balaban J connectivity index is 2.20. The van der Waals surface area contributed by atoms with Gasteiger partial charge in [0.2, 0.25) is 5.91 Å². The summed E-state index contributed by atoms with van der Waals surface area (Å²) in [6.07, 6.45) is 0.666. The van der Waals surface area contributed by atoms with Gasteiger partial charge in [-0.1, -0.05) is 39.0 Å². The van der Waals surface area contributed by atoms with Gasteiger partial charge in [-0.3, -0.25) is 4.79 Å². The lowest BCUT2D eigenvalue weighted by atomic mass is 9.85. The molecule has 0 saturated heterocycles. The van der Waals surface area contributed by atoms with Gasteiger partial charge in [0, 0.05) is 12.2 Å². The Kier molecular flexibility index (Phi) is 4.21. The second-order valence-electron chi connectivity index (χ2n) is 6.50. The number of para-hydroxylation sites is 1. The maximum atomic E-state index is 12.5. The van der Waals surface area contributed by atoms with E-state index in [-0.39, 0.29) is 11.8 Å². The minimum absolute atomic E-state index is 0.216. The molecular formula is C16H22N2O3. The molecule has 5 nitrogen and oxygen atoms in total. The topological polar surface area (TPSA) is 78.4 Å². The molecule has 1 aliphatic heterocycles. The second kappa shape index (κ2) is 5.76. The molecule has 0 saturated carbocycles. The molecule has 0 aromatic heterocycles. The Labute approximate surface area is 124 Å². The molecule has 0 bridgehead atoms. The molecule has 5 heteroatoms. The van der Waals surface area contributed by atoms with Crippen LogP contribution in [-0.4, -0.2) is 29.6 Å². The number of carboxylic acids is 1. The summed E-state index contributed by atoms with van der Waals surface area (Å²) >= 11 is 0. The highest BCUT2D eigenvalue weighted by atomic mass is 16.4. The number of hydrogen-bond acceptors (Lipinski definition) is 3. The first-order valence-corrected chi connectivity index (χ1v) is 7.16. The molecule has 1 amide bonds. The van der Waals surface area contributed by atoms with Crippen molar-refractivity contribution in [3.63, 3.8) is 0 Å². The summed E-state index contributed by atoms with van der Waals surface area (Å²) in [5, 5.41) is 15.3. The Morgan fingerprint density at radius 1 is 1.33 bits per heavy atom. The second-order valence-corrected chi connectivity index (χ2v) is 6.50. The van der Waals surface area contributed by atoms with Gasteiger partial charge in [-0.25, -0.2) is 4.79 Å². The summed E-state index contributed by atoms with van der Waals surface area (Å²) in [5.74, 6) is -1.52. The normalized spacial score (nSPS) is 19.1. The molecule has 3 N–H and O–H groups in total. The number of amides is 1. The van der Waals surface area contributed by atoms with Crippen LogP contribution in [0.15, 0.2) is 24.3 Å². The Morgan fingerprint density at radius 3 is 2.62 bits per heavy atom. The molecule has 2 atom stereocenters. The van der Waals surface area contributed by atoms with Gasteiger partial charge in [0.1, 0.15) is 6.04 Å². The summed E-state index contributed by atoms with van der Waals surface area (Å²) < 4.78 is 0. The van der Waals surface area contributed by atoms with E-state index in [1.807, 2.05) is 45.0 Å². The van der Waals surface area contributed by atoms with Crippen molar-refractivity contribution in [1.82, 2.24) is 5.32 Å². The molecule has 114 valence electrons. The number of anilines is 1. The van der Waals surface area contributed by atoms with Crippen LogP contribution in [0.3, 0.4) is 0 Å². The predicted molar refractivity (Wildman–Crippen MR) is 81.3 cm³/mol. The number of hydrogen-bond donors (Lipinski definition) is 3. The molecule has 0 fully saturated rings. The van der Waals surface area contributed by atoms with Crippen molar-refractivity contribution in [1.29, 1.82) is 0 Å². The standard InChI is InChI=1S/C16H22N2O3/c1-16(2,3)13(15(20)21)18-14(19)11-8-9-17-12-7-5-4-6-10(11)12/h4-7,11,13,17H,8-9H2,1-3H3,(H,18,19)(H,20,21)/t11?,13-/m0/s1. The number of rotatable bonds is 3. The van der Waals surface area contributed by atoms with Crippen LogP contribution in [0.1, 0.15) is 38.7 Å². The maximum absolute atomic E-state index is 12.5. The zero-order valence-corrected chi connectivity index (χ0v) is 12.6. The molecule has 1 aromatic rings. The fourth-order valence-corrected chi connectivity index (χ4v) is 2.63. The Bertz CT molecular complexity index is 549. The maximum Gasteiger partial charge on any atom is 0.326 e. The van der Waals surface area contributed by atoms with Crippen LogP contribution in [-0.2, 0) is 9.59 Å². The highest BCUT2D eigenvalue weighted by molar-refractivity contribution is 5.90. The number of aliphatic carboxylic acids is 1. The average Bonchev–Trinajstić information content (AvgIpc) is 2.42. The molecule has 0 radical (unpaired) electrons.